The van der Waals surface area contributed by atoms with Crippen molar-refractivity contribution in [1.82, 2.24) is 5.32 Å². The van der Waals surface area contributed by atoms with Crippen LogP contribution < -0.4 is 5.32 Å². The minimum absolute atomic E-state index is 0.453. The second-order valence-corrected chi connectivity index (χ2v) is 6.73. The molecule has 100 valence electrons. The third kappa shape index (κ3) is 2.16. The summed E-state index contributed by atoms with van der Waals surface area (Å²) in [6.07, 6.45) is 11.1. The van der Waals surface area contributed by atoms with Crippen LogP contribution in [0.25, 0.3) is 0 Å². The van der Waals surface area contributed by atoms with E-state index in [1.165, 1.54) is 51.4 Å². The fourth-order valence-corrected chi connectivity index (χ4v) is 4.59. The highest BCUT2D eigenvalue weighted by Gasteiger charge is 2.47. The molecule has 1 heteroatoms. The van der Waals surface area contributed by atoms with Gasteiger partial charge in [-0.1, -0.05) is 40.5 Å². The van der Waals surface area contributed by atoms with Gasteiger partial charge in [0, 0.05) is 11.1 Å². The first-order valence-electron chi connectivity index (χ1n) is 7.88. The highest BCUT2D eigenvalue weighted by atomic mass is 15.1. The summed E-state index contributed by atoms with van der Waals surface area (Å²) in [5, 5.41) is 4.20. The monoisotopic (exact) mass is 237 g/mol. The van der Waals surface area contributed by atoms with Gasteiger partial charge in [-0.15, -0.1) is 0 Å². The van der Waals surface area contributed by atoms with Crippen LogP contribution in [0.4, 0.5) is 0 Å². The van der Waals surface area contributed by atoms with E-state index in [9.17, 15) is 0 Å². The van der Waals surface area contributed by atoms with Crippen molar-refractivity contribution in [2.45, 2.75) is 90.1 Å². The maximum atomic E-state index is 4.20. The predicted molar refractivity (Wildman–Crippen MR) is 75.2 cm³/mol. The lowest BCUT2D eigenvalue weighted by atomic mass is 9.78. The molecule has 2 aliphatic rings. The van der Waals surface area contributed by atoms with Gasteiger partial charge in [0.05, 0.1) is 0 Å². The number of hydrogen-bond donors (Lipinski definition) is 1. The van der Waals surface area contributed by atoms with Crippen molar-refractivity contribution in [1.29, 1.82) is 0 Å². The van der Waals surface area contributed by atoms with E-state index in [0.717, 1.165) is 11.8 Å². The fourth-order valence-electron chi connectivity index (χ4n) is 4.59. The number of rotatable bonds is 4. The van der Waals surface area contributed by atoms with E-state index in [-0.39, 0.29) is 0 Å². The highest BCUT2D eigenvalue weighted by molar-refractivity contribution is 5.06. The summed E-state index contributed by atoms with van der Waals surface area (Å²) < 4.78 is 0. The van der Waals surface area contributed by atoms with Crippen LogP contribution in [0.3, 0.4) is 0 Å². The molecule has 2 saturated carbocycles. The van der Waals surface area contributed by atoms with Crippen molar-refractivity contribution in [2.24, 2.45) is 11.8 Å². The molecule has 17 heavy (non-hydrogen) atoms. The smallest absolute Gasteiger partial charge is 0.0209 e. The van der Waals surface area contributed by atoms with Crippen LogP contribution in [0.1, 0.15) is 79.1 Å². The summed E-state index contributed by atoms with van der Waals surface area (Å²) in [5.41, 5.74) is 0.906. The molecule has 4 unspecified atom stereocenters. The molecular formula is C16H31N. The SMILES string of the molecule is CCC1(NC2(CC)CCCC2C)CCCC1C. The van der Waals surface area contributed by atoms with E-state index in [1.54, 1.807) is 0 Å². The lowest BCUT2D eigenvalue weighted by molar-refractivity contribution is 0.128. The van der Waals surface area contributed by atoms with Crippen LogP contribution in [0, 0.1) is 11.8 Å². The van der Waals surface area contributed by atoms with Gasteiger partial charge in [-0.25, -0.2) is 0 Å². The summed E-state index contributed by atoms with van der Waals surface area (Å²) in [7, 11) is 0. The molecule has 0 saturated heterocycles. The van der Waals surface area contributed by atoms with E-state index in [4.69, 9.17) is 0 Å². The second-order valence-electron chi connectivity index (χ2n) is 6.73. The van der Waals surface area contributed by atoms with Gasteiger partial charge < -0.3 is 5.32 Å². The number of hydrogen-bond acceptors (Lipinski definition) is 1. The van der Waals surface area contributed by atoms with Gasteiger partial charge in [0.2, 0.25) is 0 Å². The average Bonchev–Trinajstić information content (AvgIpc) is 2.86. The first-order valence-corrected chi connectivity index (χ1v) is 7.88. The molecule has 0 aromatic carbocycles. The Kier molecular flexibility index (Phi) is 3.87. The Bertz CT molecular complexity index is 236. The lowest BCUT2D eigenvalue weighted by Crippen LogP contribution is -2.60. The van der Waals surface area contributed by atoms with Gasteiger partial charge in [-0.05, 0) is 50.4 Å². The third-order valence-electron chi connectivity index (χ3n) is 6.17. The van der Waals surface area contributed by atoms with Crippen LogP contribution in [0.15, 0.2) is 0 Å². The molecule has 0 bridgehead atoms. The summed E-state index contributed by atoms with van der Waals surface area (Å²) in [4.78, 5) is 0. The molecule has 0 aromatic heterocycles. The zero-order chi connectivity index (χ0) is 12.5. The molecule has 1 nitrogen and oxygen atoms in total. The first kappa shape index (κ1) is 13.4. The molecule has 2 aliphatic carbocycles. The van der Waals surface area contributed by atoms with Crippen molar-refractivity contribution < 1.29 is 0 Å². The zero-order valence-electron chi connectivity index (χ0n) is 12.3. The molecule has 0 heterocycles. The van der Waals surface area contributed by atoms with Gasteiger partial charge in [0.15, 0.2) is 0 Å². The van der Waals surface area contributed by atoms with Crippen LogP contribution in [0.5, 0.6) is 0 Å². The van der Waals surface area contributed by atoms with Crippen molar-refractivity contribution >= 4 is 0 Å². The lowest BCUT2D eigenvalue weighted by Gasteiger charge is -2.46. The largest absolute Gasteiger partial charge is 0.305 e. The van der Waals surface area contributed by atoms with Gasteiger partial charge >= 0.3 is 0 Å². The predicted octanol–water partition coefficient (Wildman–Crippen LogP) is 4.51. The van der Waals surface area contributed by atoms with Gasteiger partial charge in [-0.3, -0.25) is 0 Å². The summed E-state index contributed by atoms with van der Waals surface area (Å²) in [5.74, 6) is 1.73. The molecule has 2 fully saturated rings. The van der Waals surface area contributed by atoms with Crippen LogP contribution >= 0.6 is 0 Å². The molecule has 0 aromatic rings. The Balaban J connectivity index is 2.17. The van der Waals surface area contributed by atoms with Gasteiger partial charge in [-0.2, -0.15) is 0 Å². The average molecular weight is 237 g/mol. The topological polar surface area (TPSA) is 12.0 Å². The molecule has 0 radical (unpaired) electrons. The van der Waals surface area contributed by atoms with Crippen LogP contribution in [-0.4, -0.2) is 11.1 Å². The maximum absolute atomic E-state index is 4.20. The quantitative estimate of drug-likeness (QED) is 0.758. The fraction of sp³-hybridized carbons (Fsp3) is 1.00. The van der Waals surface area contributed by atoms with E-state index in [0.29, 0.717) is 11.1 Å². The zero-order valence-corrected chi connectivity index (χ0v) is 12.3. The van der Waals surface area contributed by atoms with E-state index < -0.39 is 0 Å². The molecule has 0 spiro atoms. The minimum Gasteiger partial charge on any atom is -0.305 e. The van der Waals surface area contributed by atoms with Crippen molar-refractivity contribution in [3.63, 3.8) is 0 Å². The number of nitrogens with one attached hydrogen (secondary N) is 1. The Morgan fingerprint density at radius 3 is 1.53 bits per heavy atom. The van der Waals surface area contributed by atoms with Crippen LogP contribution in [0.2, 0.25) is 0 Å². The van der Waals surface area contributed by atoms with Gasteiger partial charge in [0.1, 0.15) is 0 Å². The van der Waals surface area contributed by atoms with E-state index in [2.05, 4.69) is 33.0 Å². The van der Waals surface area contributed by atoms with E-state index in [1.807, 2.05) is 0 Å². The molecule has 4 atom stereocenters. The molecule has 0 amide bonds. The minimum atomic E-state index is 0.453. The van der Waals surface area contributed by atoms with Crippen molar-refractivity contribution in [2.75, 3.05) is 0 Å². The first-order chi connectivity index (χ1) is 8.08. The highest BCUT2D eigenvalue weighted by Crippen LogP contribution is 2.45. The summed E-state index contributed by atoms with van der Waals surface area (Å²) in [6.45, 7) is 9.70. The molecule has 1 N–H and O–H groups in total. The molecule has 0 aliphatic heterocycles. The Morgan fingerprint density at radius 1 is 0.882 bits per heavy atom. The Morgan fingerprint density at radius 2 is 1.29 bits per heavy atom. The van der Waals surface area contributed by atoms with E-state index >= 15 is 0 Å². The third-order valence-corrected chi connectivity index (χ3v) is 6.17. The van der Waals surface area contributed by atoms with Crippen molar-refractivity contribution in [3.05, 3.63) is 0 Å². The summed E-state index contributed by atoms with van der Waals surface area (Å²) in [6, 6.07) is 0. The normalized spacial score (nSPS) is 46.6. The Labute approximate surface area is 108 Å². The van der Waals surface area contributed by atoms with Crippen LogP contribution in [-0.2, 0) is 0 Å². The Hall–Kier alpha value is -0.0400. The molecular weight excluding hydrogens is 206 g/mol. The maximum Gasteiger partial charge on any atom is 0.0209 e. The standard InChI is InChI=1S/C16H31N/c1-5-15(11-7-9-13(15)3)17-16(6-2)12-8-10-14(16)4/h13-14,17H,5-12H2,1-4H3. The second kappa shape index (κ2) is 4.91. The van der Waals surface area contributed by atoms with Gasteiger partial charge in [0.25, 0.3) is 0 Å². The summed E-state index contributed by atoms with van der Waals surface area (Å²) >= 11 is 0. The molecule has 2 rings (SSSR count). The van der Waals surface area contributed by atoms with Crippen molar-refractivity contribution in [3.8, 4) is 0 Å².